The summed E-state index contributed by atoms with van der Waals surface area (Å²) < 4.78 is 2.25. The van der Waals surface area contributed by atoms with Crippen molar-refractivity contribution in [2.45, 2.75) is 50.7 Å². The zero-order chi connectivity index (χ0) is 20.8. The third kappa shape index (κ3) is 3.44. The molecule has 5 nitrogen and oxygen atoms in total. The molecule has 1 fully saturated rings. The first kappa shape index (κ1) is 18.4. The van der Waals surface area contributed by atoms with Gasteiger partial charge in [0.05, 0.1) is 6.20 Å². The molecular formula is C26H26N4O. The Kier molecular flexibility index (Phi) is 4.41. The second-order valence-corrected chi connectivity index (χ2v) is 8.92. The van der Waals surface area contributed by atoms with Gasteiger partial charge in [-0.15, -0.1) is 0 Å². The average molecular weight is 411 g/mol. The van der Waals surface area contributed by atoms with Gasteiger partial charge in [-0.1, -0.05) is 30.3 Å². The molecule has 0 aliphatic heterocycles. The van der Waals surface area contributed by atoms with Gasteiger partial charge in [-0.2, -0.15) is 5.10 Å². The van der Waals surface area contributed by atoms with Crippen LogP contribution in [0, 0.1) is 0 Å². The minimum atomic E-state index is 0.178. The highest BCUT2D eigenvalue weighted by Crippen LogP contribution is 2.35. The summed E-state index contributed by atoms with van der Waals surface area (Å²) >= 11 is 0. The lowest BCUT2D eigenvalue weighted by Gasteiger charge is -2.34. The van der Waals surface area contributed by atoms with E-state index in [0.29, 0.717) is 6.04 Å². The molecule has 1 unspecified atom stereocenters. The number of aryl methyl sites for hydroxylation is 1. The van der Waals surface area contributed by atoms with E-state index in [1.54, 1.807) is 0 Å². The maximum absolute atomic E-state index is 13.6. The number of H-pyrrole nitrogens is 1. The lowest BCUT2D eigenvalue weighted by atomic mass is 9.91. The molecule has 156 valence electrons. The van der Waals surface area contributed by atoms with Crippen molar-refractivity contribution in [3.05, 3.63) is 89.4 Å². The molecule has 2 aliphatic carbocycles. The van der Waals surface area contributed by atoms with Crippen LogP contribution < -0.4 is 0 Å². The van der Waals surface area contributed by atoms with Gasteiger partial charge in [0.25, 0.3) is 5.91 Å². The Balaban J connectivity index is 1.27. The van der Waals surface area contributed by atoms with Crippen molar-refractivity contribution >= 4 is 16.8 Å². The number of nitrogens with zero attached hydrogens (tertiary/aromatic N) is 3. The number of benzene rings is 2. The van der Waals surface area contributed by atoms with Crippen molar-refractivity contribution in [2.24, 2.45) is 0 Å². The SMILES string of the molecule is O=C(c1ccc2c(ccn2Cc2ccccc2)c1)N(C1CC1)C1CCc2[nH]ncc2C1. The van der Waals surface area contributed by atoms with Crippen molar-refractivity contribution in [1.29, 1.82) is 0 Å². The van der Waals surface area contributed by atoms with E-state index in [1.165, 1.54) is 22.3 Å². The Labute approximate surface area is 181 Å². The predicted octanol–water partition coefficient (Wildman–Crippen LogP) is 4.57. The van der Waals surface area contributed by atoms with E-state index in [4.69, 9.17) is 0 Å². The highest BCUT2D eigenvalue weighted by atomic mass is 16.2. The topological polar surface area (TPSA) is 53.9 Å². The van der Waals surface area contributed by atoms with E-state index in [-0.39, 0.29) is 11.9 Å². The third-order valence-corrected chi connectivity index (χ3v) is 6.77. The predicted molar refractivity (Wildman–Crippen MR) is 121 cm³/mol. The molecule has 0 radical (unpaired) electrons. The molecule has 0 spiro atoms. The number of carbonyl (C=O) groups excluding carboxylic acids is 1. The van der Waals surface area contributed by atoms with Gasteiger partial charge in [0.15, 0.2) is 0 Å². The van der Waals surface area contributed by atoms with Gasteiger partial charge in [0.2, 0.25) is 0 Å². The van der Waals surface area contributed by atoms with E-state index >= 15 is 0 Å². The fourth-order valence-electron chi connectivity index (χ4n) is 5.02. The van der Waals surface area contributed by atoms with Gasteiger partial charge < -0.3 is 9.47 Å². The second kappa shape index (κ2) is 7.41. The van der Waals surface area contributed by atoms with Crippen LogP contribution in [0.1, 0.15) is 46.4 Å². The van der Waals surface area contributed by atoms with Crippen molar-refractivity contribution in [3.8, 4) is 0 Å². The highest BCUT2D eigenvalue weighted by molar-refractivity contribution is 5.98. The number of aromatic amines is 1. The van der Waals surface area contributed by atoms with Gasteiger partial charge >= 0.3 is 0 Å². The van der Waals surface area contributed by atoms with Crippen molar-refractivity contribution in [3.63, 3.8) is 0 Å². The minimum absolute atomic E-state index is 0.178. The molecular weight excluding hydrogens is 384 g/mol. The molecule has 31 heavy (non-hydrogen) atoms. The molecule has 2 heterocycles. The summed E-state index contributed by atoms with van der Waals surface area (Å²) in [7, 11) is 0. The Bertz CT molecular complexity index is 1230. The van der Waals surface area contributed by atoms with E-state index in [2.05, 4.69) is 68.3 Å². The monoisotopic (exact) mass is 410 g/mol. The third-order valence-electron chi connectivity index (χ3n) is 6.77. The Morgan fingerprint density at radius 3 is 2.77 bits per heavy atom. The number of hydrogen-bond donors (Lipinski definition) is 1. The standard InChI is InChI=1S/C26H26N4O/c31-26(30(22-7-8-22)23-9-10-24-21(15-23)16-27-28-24)20-6-11-25-19(14-20)12-13-29(25)17-18-4-2-1-3-5-18/h1-6,11-14,16,22-23H,7-10,15,17H2,(H,27,28). The number of hydrogen-bond acceptors (Lipinski definition) is 2. The number of carbonyl (C=O) groups is 1. The molecule has 2 aromatic carbocycles. The van der Waals surface area contributed by atoms with E-state index < -0.39 is 0 Å². The van der Waals surface area contributed by atoms with Crippen molar-refractivity contribution in [1.82, 2.24) is 19.7 Å². The summed E-state index contributed by atoms with van der Waals surface area (Å²) in [6.07, 6.45) is 9.17. The molecule has 0 bridgehead atoms. The lowest BCUT2D eigenvalue weighted by Crippen LogP contribution is -2.44. The second-order valence-electron chi connectivity index (χ2n) is 8.92. The van der Waals surface area contributed by atoms with E-state index in [0.717, 1.165) is 49.6 Å². The first-order valence-corrected chi connectivity index (χ1v) is 11.2. The summed E-state index contributed by atoms with van der Waals surface area (Å²) in [5.74, 6) is 0.178. The van der Waals surface area contributed by atoms with Crippen molar-refractivity contribution < 1.29 is 4.79 Å². The normalized spacial score (nSPS) is 18.1. The van der Waals surface area contributed by atoms with Gasteiger partial charge in [0.1, 0.15) is 0 Å². The zero-order valence-corrected chi connectivity index (χ0v) is 17.5. The maximum atomic E-state index is 13.6. The van der Waals surface area contributed by atoms with Crippen LogP contribution in [0.5, 0.6) is 0 Å². The summed E-state index contributed by atoms with van der Waals surface area (Å²) in [5, 5.41) is 8.43. The van der Waals surface area contributed by atoms with Crippen LogP contribution in [0.2, 0.25) is 0 Å². The first-order chi connectivity index (χ1) is 15.3. The molecule has 2 aliphatic rings. The van der Waals surface area contributed by atoms with Gasteiger partial charge in [-0.05, 0) is 67.5 Å². The molecule has 2 aromatic heterocycles. The van der Waals surface area contributed by atoms with Crippen LogP contribution in [0.15, 0.2) is 67.0 Å². The molecule has 1 N–H and O–H groups in total. The highest BCUT2D eigenvalue weighted by Gasteiger charge is 2.39. The molecule has 1 amide bonds. The number of amides is 1. The smallest absolute Gasteiger partial charge is 0.254 e. The largest absolute Gasteiger partial charge is 0.343 e. The zero-order valence-electron chi connectivity index (χ0n) is 17.5. The van der Waals surface area contributed by atoms with E-state index in [1.807, 2.05) is 18.3 Å². The minimum Gasteiger partial charge on any atom is -0.343 e. The Morgan fingerprint density at radius 2 is 1.94 bits per heavy atom. The number of nitrogens with one attached hydrogen (secondary N) is 1. The van der Waals surface area contributed by atoms with Crippen LogP contribution in [0.25, 0.3) is 10.9 Å². The van der Waals surface area contributed by atoms with Crippen LogP contribution in [0.3, 0.4) is 0 Å². The Morgan fingerprint density at radius 1 is 1.06 bits per heavy atom. The quantitative estimate of drug-likeness (QED) is 0.524. The van der Waals surface area contributed by atoms with Gasteiger partial charge in [-0.3, -0.25) is 9.89 Å². The summed E-state index contributed by atoms with van der Waals surface area (Å²) in [6, 6.07) is 19.4. The van der Waals surface area contributed by atoms with Gasteiger partial charge in [-0.25, -0.2) is 0 Å². The lowest BCUT2D eigenvalue weighted by molar-refractivity contribution is 0.0643. The van der Waals surface area contributed by atoms with Crippen LogP contribution in [0.4, 0.5) is 0 Å². The molecule has 6 rings (SSSR count). The molecule has 1 saturated carbocycles. The fourth-order valence-corrected chi connectivity index (χ4v) is 5.02. The summed E-state index contributed by atoms with van der Waals surface area (Å²) in [4.78, 5) is 15.8. The van der Waals surface area contributed by atoms with Crippen LogP contribution in [-0.4, -0.2) is 37.7 Å². The maximum Gasteiger partial charge on any atom is 0.254 e. The summed E-state index contributed by atoms with van der Waals surface area (Å²) in [5.41, 5.74) is 5.74. The summed E-state index contributed by atoms with van der Waals surface area (Å²) in [6.45, 7) is 0.834. The number of rotatable bonds is 5. The molecule has 1 atom stereocenters. The molecule has 0 saturated heterocycles. The first-order valence-electron chi connectivity index (χ1n) is 11.2. The van der Waals surface area contributed by atoms with Gasteiger partial charge in [0, 0.05) is 47.0 Å². The van der Waals surface area contributed by atoms with E-state index in [9.17, 15) is 4.79 Å². The number of aromatic nitrogens is 3. The fraction of sp³-hybridized carbons (Fsp3) is 0.308. The Hall–Kier alpha value is -3.34. The van der Waals surface area contributed by atoms with Crippen LogP contribution in [-0.2, 0) is 19.4 Å². The average Bonchev–Trinajstić information content (AvgIpc) is 3.38. The molecule has 5 heteroatoms. The number of fused-ring (bicyclic) bond motifs is 2. The van der Waals surface area contributed by atoms with Crippen LogP contribution >= 0.6 is 0 Å². The molecule has 4 aromatic rings. The van der Waals surface area contributed by atoms with Crippen molar-refractivity contribution in [2.75, 3.05) is 0 Å².